The number of carbonyl (C=O) groups is 3. The molecule has 2 aliphatic heterocycles. The zero-order valence-corrected chi connectivity index (χ0v) is 13.4. The monoisotopic (exact) mass is 333 g/mol. The Morgan fingerprint density at radius 1 is 1.29 bits per heavy atom. The van der Waals surface area contributed by atoms with Crippen LogP contribution in [0.1, 0.15) is 12.8 Å². The van der Waals surface area contributed by atoms with Gasteiger partial charge in [0.15, 0.2) is 6.61 Å². The van der Waals surface area contributed by atoms with Gasteiger partial charge in [-0.1, -0.05) is 6.07 Å². The van der Waals surface area contributed by atoms with E-state index in [-0.39, 0.29) is 24.6 Å². The highest BCUT2D eigenvalue weighted by molar-refractivity contribution is 5.98. The van der Waals surface area contributed by atoms with Gasteiger partial charge in [0, 0.05) is 30.9 Å². The number of likely N-dealkylation sites (tertiary alicyclic amines) is 1. The fourth-order valence-electron chi connectivity index (χ4n) is 2.95. The Labute approximate surface area is 139 Å². The van der Waals surface area contributed by atoms with Gasteiger partial charge in [-0.15, -0.1) is 0 Å². The third kappa shape index (κ3) is 3.27. The first-order valence-electron chi connectivity index (χ1n) is 7.77. The first-order chi connectivity index (χ1) is 11.6. The number of ether oxygens (including phenoxy) is 2. The molecule has 0 spiro atoms. The summed E-state index contributed by atoms with van der Waals surface area (Å²) in [4.78, 5) is 38.4. The number of piperidine rings is 1. The molecule has 0 bridgehead atoms. The molecule has 0 atom stereocenters. The van der Waals surface area contributed by atoms with Crippen molar-refractivity contribution in [3.05, 3.63) is 24.3 Å². The van der Waals surface area contributed by atoms with Gasteiger partial charge in [-0.2, -0.15) is 0 Å². The van der Waals surface area contributed by atoms with Crippen molar-refractivity contribution in [3.63, 3.8) is 0 Å². The number of benzene rings is 1. The average molecular weight is 333 g/mol. The van der Waals surface area contributed by atoms with Crippen LogP contribution in [0.3, 0.4) is 0 Å². The third-order valence-corrected chi connectivity index (χ3v) is 4.22. The highest BCUT2D eigenvalue weighted by atomic mass is 16.6. The van der Waals surface area contributed by atoms with Crippen molar-refractivity contribution in [3.8, 4) is 5.75 Å². The van der Waals surface area contributed by atoms with Crippen molar-refractivity contribution in [1.29, 1.82) is 0 Å². The van der Waals surface area contributed by atoms with Crippen LogP contribution in [0.5, 0.6) is 5.75 Å². The van der Waals surface area contributed by atoms with Gasteiger partial charge < -0.3 is 19.7 Å². The highest BCUT2D eigenvalue weighted by Crippen LogP contribution is 2.22. The van der Waals surface area contributed by atoms with Crippen molar-refractivity contribution < 1.29 is 23.9 Å². The molecule has 0 radical (unpaired) electrons. The van der Waals surface area contributed by atoms with E-state index in [2.05, 4.69) is 5.32 Å². The number of anilines is 1. The molecule has 4 amide bonds. The second kappa shape index (κ2) is 6.77. The summed E-state index contributed by atoms with van der Waals surface area (Å²) in [5, 5.41) is 2.82. The summed E-state index contributed by atoms with van der Waals surface area (Å²) in [7, 11) is 1.57. The van der Waals surface area contributed by atoms with Gasteiger partial charge in [-0.05, 0) is 25.0 Å². The quantitative estimate of drug-likeness (QED) is 0.909. The van der Waals surface area contributed by atoms with Crippen LogP contribution >= 0.6 is 0 Å². The summed E-state index contributed by atoms with van der Waals surface area (Å²) in [6.07, 6.45) is 0.512. The summed E-state index contributed by atoms with van der Waals surface area (Å²) in [5.41, 5.74) is 0.653. The molecule has 0 unspecified atom stereocenters. The van der Waals surface area contributed by atoms with Crippen LogP contribution in [0, 0.1) is 0 Å². The SMILES string of the molecule is COc1cccc(NC(=O)N2CCC(N3C(=O)COC3=O)CC2)c1. The van der Waals surface area contributed by atoms with Crippen molar-refractivity contribution in [2.45, 2.75) is 18.9 Å². The van der Waals surface area contributed by atoms with Crippen LogP contribution in [0.25, 0.3) is 0 Å². The summed E-state index contributed by atoms with van der Waals surface area (Å²) >= 11 is 0. The molecule has 2 saturated heterocycles. The lowest BCUT2D eigenvalue weighted by Gasteiger charge is -2.34. The van der Waals surface area contributed by atoms with Crippen LogP contribution in [0.2, 0.25) is 0 Å². The maximum atomic E-state index is 12.3. The Hall–Kier alpha value is -2.77. The van der Waals surface area contributed by atoms with Crippen molar-refractivity contribution in [2.75, 3.05) is 32.1 Å². The molecule has 3 rings (SSSR count). The highest BCUT2D eigenvalue weighted by Gasteiger charge is 2.38. The van der Waals surface area contributed by atoms with E-state index in [9.17, 15) is 14.4 Å². The molecular formula is C16H19N3O5. The molecule has 2 aliphatic rings. The predicted molar refractivity (Wildman–Crippen MR) is 84.8 cm³/mol. The van der Waals surface area contributed by atoms with Crippen molar-refractivity contribution in [1.82, 2.24) is 9.80 Å². The second-order valence-electron chi connectivity index (χ2n) is 5.70. The summed E-state index contributed by atoms with van der Waals surface area (Å²) in [6.45, 7) is 0.754. The van der Waals surface area contributed by atoms with Gasteiger partial charge >= 0.3 is 12.1 Å². The van der Waals surface area contributed by atoms with Crippen LogP contribution in [-0.4, -0.2) is 60.7 Å². The maximum Gasteiger partial charge on any atom is 0.417 e. The van der Waals surface area contributed by atoms with E-state index in [0.29, 0.717) is 37.4 Å². The first-order valence-corrected chi connectivity index (χ1v) is 7.77. The normalized spacial score (nSPS) is 18.5. The van der Waals surface area contributed by atoms with Crippen molar-refractivity contribution in [2.24, 2.45) is 0 Å². The Morgan fingerprint density at radius 3 is 2.67 bits per heavy atom. The molecule has 0 saturated carbocycles. The van der Waals surface area contributed by atoms with Crippen LogP contribution in [0.4, 0.5) is 15.3 Å². The van der Waals surface area contributed by atoms with Gasteiger partial charge in [-0.25, -0.2) is 14.5 Å². The lowest BCUT2D eigenvalue weighted by molar-refractivity contribution is -0.127. The van der Waals surface area contributed by atoms with E-state index in [1.807, 2.05) is 0 Å². The Kier molecular flexibility index (Phi) is 4.54. The minimum atomic E-state index is -0.584. The molecule has 1 aromatic carbocycles. The number of imide groups is 1. The van der Waals surface area contributed by atoms with Crippen LogP contribution in [-0.2, 0) is 9.53 Å². The molecule has 0 aromatic heterocycles. The number of cyclic esters (lactones) is 1. The number of nitrogens with one attached hydrogen (secondary N) is 1. The van der Waals surface area contributed by atoms with Crippen LogP contribution < -0.4 is 10.1 Å². The Bertz CT molecular complexity index is 639. The first kappa shape index (κ1) is 16.1. The molecule has 8 nitrogen and oxygen atoms in total. The molecule has 8 heteroatoms. The van der Waals surface area contributed by atoms with Gasteiger partial charge in [0.05, 0.1) is 7.11 Å². The third-order valence-electron chi connectivity index (χ3n) is 4.22. The number of methoxy groups -OCH3 is 1. The van der Waals surface area contributed by atoms with E-state index in [4.69, 9.17) is 9.47 Å². The van der Waals surface area contributed by atoms with E-state index in [1.165, 1.54) is 4.90 Å². The minimum Gasteiger partial charge on any atom is -0.497 e. The predicted octanol–water partition coefficient (Wildman–Crippen LogP) is 1.67. The van der Waals surface area contributed by atoms with Crippen molar-refractivity contribution >= 4 is 23.7 Å². The molecule has 2 fully saturated rings. The number of hydrogen-bond acceptors (Lipinski definition) is 5. The number of nitrogens with zero attached hydrogens (tertiary/aromatic N) is 2. The Morgan fingerprint density at radius 2 is 2.04 bits per heavy atom. The standard InChI is InChI=1S/C16H19N3O5/c1-23-13-4-2-3-11(9-13)17-15(21)18-7-5-12(6-8-18)19-14(20)10-24-16(19)22/h2-4,9,12H,5-8,10H2,1H3,(H,17,21). The Balaban J connectivity index is 1.55. The zero-order chi connectivity index (χ0) is 17.1. The average Bonchev–Trinajstić information content (AvgIpc) is 2.94. The van der Waals surface area contributed by atoms with E-state index in [1.54, 1.807) is 36.3 Å². The number of amides is 4. The van der Waals surface area contributed by atoms with Gasteiger partial charge in [0.1, 0.15) is 5.75 Å². The molecule has 2 heterocycles. The smallest absolute Gasteiger partial charge is 0.417 e. The molecule has 1 N–H and O–H groups in total. The molecule has 24 heavy (non-hydrogen) atoms. The summed E-state index contributed by atoms with van der Waals surface area (Å²) in [5.74, 6) is 0.358. The van der Waals surface area contributed by atoms with Gasteiger partial charge in [0.25, 0.3) is 5.91 Å². The fraction of sp³-hybridized carbons (Fsp3) is 0.438. The lowest BCUT2D eigenvalue weighted by atomic mass is 10.0. The number of rotatable bonds is 3. The second-order valence-corrected chi connectivity index (χ2v) is 5.70. The maximum absolute atomic E-state index is 12.3. The number of urea groups is 1. The van der Waals surface area contributed by atoms with Gasteiger partial charge in [-0.3, -0.25) is 4.79 Å². The number of hydrogen-bond donors (Lipinski definition) is 1. The summed E-state index contributed by atoms with van der Waals surface area (Å²) in [6, 6.07) is 6.71. The van der Waals surface area contributed by atoms with E-state index < -0.39 is 6.09 Å². The molecule has 128 valence electrons. The molecule has 1 aromatic rings. The fourth-order valence-corrected chi connectivity index (χ4v) is 2.95. The topological polar surface area (TPSA) is 88.2 Å². The molecular weight excluding hydrogens is 314 g/mol. The van der Waals surface area contributed by atoms with E-state index >= 15 is 0 Å². The number of carbonyl (C=O) groups excluding carboxylic acids is 3. The van der Waals surface area contributed by atoms with E-state index in [0.717, 1.165) is 0 Å². The summed E-state index contributed by atoms with van der Waals surface area (Å²) < 4.78 is 9.87. The molecule has 0 aliphatic carbocycles. The van der Waals surface area contributed by atoms with Crippen LogP contribution in [0.15, 0.2) is 24.3 Å². The largest absolute Gasteiger partial charge is 0.497 e. The zero-order valence-electron chi connectivity index (χ0n) is 13.4. The minimum absolute atomic E-state index is 0.185. The van der Waals surface area contributed by atoms with Gasteiger partial charge in [0.2, 0.25) is 0 Å². The lowest BCUT2D eigenvalue weighted by Crippen LogP contribution is -2.49.